The molecule has 0 fully saturated rings. The molecule has 98 valence electrons. The molecular formula is C12H18N4O2. The molecule has 6 nitrogen and oxygen atoms in total. The van der Waals surface area contributed by atoms with Gasteiger partial charge in [-0.2, -0.15) is 0 Å². The molecule has 1 rings (SSSR count). The van der Waals surface area contributed by atoms with E-state index in [1.807, 2.05) is 12.1 Å². The molecule has 1 amide bonds. The fourth-order valence-electron chi connectivity index (χ4n) is 1.29. The molecule has 0 heterocycles. The Morgan fingerprint density at radius 1 is 1.50 bits per heavy atom. The van der Waals surface area contributed by atoms with Crippen LogP contribution in [0.4, 0.5) is 5.69 Å². The molecular weight excluding hydrogens is 232 g/mol. The van der Waals surface area contributed by atoms with Crippen molar-refractivity contribution in [2.45, 2.75) is 6.92 Å². The summed E-state index contributed by atoms with van der Waals surface area (Å²) in [6, 6.07) is 7.20. The van der Waals surface area contributed by atoms with Gasteiger partial charge in [-0.15, -0.1) is 0 Å². The number of anilines is 1. The summed E-state index contributed by atoms with van der Waals surface area (Å²) in [5.74, 6) is 0.960. The van der Waals surface area contributed by atoms with Crippen LogP contribution in [0.1, 0.15) is 6.92 Å². The first-order chi connectivity index (χ1) is 8.61. The largest absolute Gasteiger partial charge is 0.492 e. The fourth-order valence-corrected chi connectivity index (χ4v) is 1.29. The Labute approximate surface area is 106 Å². The lowest BCUT2D eigenvalue weighted by atomic mass is 10.3. The lowest BCUT2D eigenvalue weighted by Gasteiger charge is -2.09. The van der Waals surface area contributed by atoms with Gasteiger partial charge in [-0.05, 0) is 12.1 Å². The smallest absolute Gasteiger partial charge is 0.221 e. The first-order valence-corrected chi connectivity index (χ1v) is 5.58. The molecule has 0 aromatic heterocycles. The van der Waals surface area contributed by atoms with Gasteiger partial charge in [0, 0.05) is 25.7 Å². The van der Waals surface area contributed by atoms with Gasteiger partial charge in [0.15, 0.2) is 5.96 Å². The Bertz CT molecular complexity index is 432. The lowest BCUT2D eigenvalue weighted by molar-refractivity contribution is -0.114. The van der Waals surface area contributed by atoms with Crippen LogP contribution >= 0.6 is 0 Å². The highest BCUT2D eigenvalue weighted by Crippen LogP contribution is 2.16. The van der Waals surface area contributed by atoms with Crippen LogP contribution in [0.2, 0.25) is 0 Å². The maximum atomic E-state index is 10.9. The Morgan fingerprint density at radius 3 is 2.94 bits per heavy atom. The summed E-state index contributed by atoms with van der Waals surface area (Å²) >= 11 is 0. The monoisotopic (exact) mass is 250 g/mol. The Kier molecular flexibility index (Phi) is 5.50. The van der Waals surface area contributed by atoms with Gasteiger partial charge in [-0.3, -0.25) is 9.79 Å². The van der Waals surface area contributed by atoms with E-state index in [0.29, 0.717) is 30.5 Å². The predicted octanol–water partition coefficient (Wildman–Crippen LogP) is 0.558. The van der Waals surface area contributed by atoms with Crippen LogP contribution in [0.3, 0.4) is 0 Å². The second kappa shape index (κ2) is 7.16. The molecule has 0 aliphatic heterocycles. The third kappa shape index (κ3) is 5.20. The molecule has 0 saturated carbocycles. The van der Waals surface area contributed by atoms with Gasteiger partial charge in [0.25, 0.3) is 0 Å². The molecule has 0 spiro atoms. The maximum absolute atomic E-state index is 10.9. The average Bonchev–Trinajstić information content (AvgIpc) is 2.34. The summed E-state index contributed by atoms with van der Waals surface area (Å²) in [7, 11) is 1.61. The molecule has 1 aromatic carbocycles. The van der Waals surface area contributed by atoms with E-state index >= 15 is 0 Å². The molecule has 1 aromatic rings. The summed E-state index contributed by atoms with van der Waals surface area (Å²) in [5, 5.41) is 5.57. The molecule has 0 unspecified atom stereocenters. The van der Waals surface area contributed by atoms with Crippen LogP contribution in [-0.4, -0.2) is 32.1 Å². The van der Waals surface area contributed by atoms with Gasteiger partial charge in [-0.25, -0.2) is 0 Å². The van der Waals surface area contributed by atoms with Gasteiger partial charge in [-0.1, -0.05) is 6.07 Å². The minimum absolute atomic E-state index is 0.110. The van der Waals surface area contributed by atoms with Gasteiger partial charge in [0.1, 0.15) is 12.4 Å². The molecule has 0 aliphatic rings. The van der Waals surface area contributed by atoms with Crippen LogP contribution in [0.15, 0.2) is 29.3 Å². The zero-order chi connectivity index (χ0) is 13.4. The Hall–Kier alpha value is -2.24. The van der Waals surface area contributed by atoms with Crippen LogP contribution in [0.5, 0.6) is 5.75 Å². The van der Waals surface area contributed by atoms with Crippen LogP contribution in [0.25, 0.3) is 0 Å². The number of nitrogens with one attached hydrogen (secondary N) is 2. The van der Waals surface area contributed by atoms with Crippen molar-refractivity contribution < 1.29 is 9.53 Å². The number of hydrogen-bond acceptors (Lipinski definition) is 3. The zero-order valence-corrected chi connectivity index (χ0v) is 10.6. The molecule has 0 saturated heterocycles. The van der Waals surface area contributed by atoms with Crippen molar-refractivity contribution in [3.05, 3.63) is 24.3 Å². The number of guanidine groups is 1. The van der Waals surface area contributed by atoms with Crippen molar-refractivity contribution in [2.24, 2.45) is 10.7 Å². The number of nitrogens with zero attached hydrogens (tertiary/aromatic N) is 1. The minimum Gasteiger partial charge on any atom is -0.492 e. The molecule has 0 bridgehead atoms. The molecule has 0 aliphatic carbocycles. The number of hydrogen-bond donors (Lipinski definition) is 3. The molecule has 4 N–H and O–H groups in total. The van der Waals surface area contributed by atoms with Crippen molar-refractivity contribution in [3.63, 3.8) is 0 Å². The zero-order valence-electron chi connectivity index (χ0n) is 10.6. The van der Waals surface area contributed by atoms with Gasteiger partial charge < -0.3 is 21.1 Å². The van der Waals surface area contributed by atoms with E-state index in [-0.39, 0.29) is 5.91 Å². The van der Waals surface area contributed by atoms with E-state index < -0.39 is 0 Å². The van der Waals surface area contributed by atoms with Gasteiger partial charge in [0.2, 0.25) is 5.91 Å². The van der Waals surface area contributed by atoms with Crippen molar-refractivity contribution in [1.29, 1.82) is 0 Å². The third-order valence-electron chi connectivity index (χ3n) is 2.07. The highest BCUT2D eigenvalue weighted by molar-refractivity contribution is 5.88. The van der Waals surface area contributed by atoms with Crippen LogP contribution in [-0.2, 0) is 4.79 Å². The molecule has 18 heavy (non-hydrogen) atoms. The average molecular weight is 250 g/mol. The third-order valence-corrected chi connectivity index (χ3v) is 2.07. The van der Waals surface area contributed by atoms with Crippen LogP contribution in [0, 0.1) is 0 Å². The Balaban J connectivity index is 2.40. The number of benzene rings is 1. The van der Waals surface area contributed by atoms with E-state index in [2.05, 4.69) is 15.6 Å². The number of nitrogens with two attached hydrogens (primary N) is 1. The number of amides is 1. The second-order valence-electron chi connectivity index (χ2n) is 3.59. The van der Waals surface area contributed by atoms with E-state index in [4.69, 9.17) is 10.5 Å². The molecule has 0 radical (unpaired) electrons. The lowest BCUT2D eigenvalue weighted by Crippen LogP contribution is -2.34. The van der Waals surface area contributed by atoms with E-state index in [0.717, 1.165) is 0 Å². The highest BCUT2D eigenvalue weighted by atomic mass is 16.5. The summed E-state index contributed by atoms with van der Waals surface area (Å²) in [6.07, 6.45) is 0. The molecule has 6 heteroatoms. The number of rotatable bonds is 5. The summed E-state index contributed by atoms with van der Waals surface area (Å²) in [5.41, 5.74) is 6.18. The highest BCUT2D eigenvalue weighted by Gasteiger charge is 1.98. The minimum atomic E-state index is -0.110. The van der Waals surface area contributed by atoms with E-state index in [9.17, 15) is 4.79 Å². The van der Waals surface area contributed by atoms with Crippen LogP contribution < -0.4 is 21.1 Å². The molecule has 0 atom stereocenters. The van der Waals surface area contributed by atoms with Crippen molar-refractivity contribution in [2.75, 3.05) is 25.5 Å². The quantitative estimate of drug-likeness (QED) is 0.404. The number of aliphatic imine (C=N–C) groups is 1. The first-order valence-electron chi connectivity index (χ1n) is 5.58. The predicted molar refractivity (Wildman–Crippen MR) is 71.8 cm³/mol. The van der Waals surface area contributed by atoms with Gasteiger partial charge in [0.05, 0.1) is 6.54 Å². The van der Waals surface area contributed by atoms with Crippen molar-refractivity contribution in [1.82, 2.24) is 5.32 Å². The number of carbonyl (C=O) groups is 1. The topological polar surface area (TPSA) is 88.7 Å². The van der Waals surface area contributed by atoms with Crippen molar-refractivity contribution in [3.8, 4) is 5.75 Å². The number of carbonyl (C=O) groups excluding carboxylic acids is 1. The summed E-state index contributed by atoms with van der Waals surface area (Å²) < 4.78 is 5.50. The van der Waals surface area contributed by atoms with Crippen molar-refractivity contribution >= 4 is 17.6 Å². The Morgan fingerprint density at radius 2 is 2.28 bits per heavy atom. The summed E-state index contributed by atoms with van der Waals surface area (Å²) in [4.78, 5) is 14.7. The maximum Gasteiger partial charge on any atom is 0.221 e. The summed E-state index contributed by atoms with van der Waals surface area (Å²) in [6.45, 7) is 2.48. The normalized spacial score (nSPS) is 10.9. The second-order valence-corrected chi connectivity index (χ2v) is 3.59. The number of ether oxygens (including phenoxy) is 1. The standard InChI is InChI=1S/C12H18N4O2/c1-9(17)16-10-4-3-5-11(8-10)18-7-6-15-12(13)14-2/h3-5,8H,6-7H2,1-2H3,(H,16,17)(H3,13,14,15). The fraction of sp³-hybridized carbons (Fsp3) is 0.333. The van der Waals surface area contributed by atoms with E-state index in [1.165, 1.54) is 6.92 Å². The van der Waals surface area contributed by atoms with E-state index in [1.54, 1.807) is 19.2 Å². The SMILES string of the molecule is CN=C(N)NCCOc1cccc(NC(C)=O)c1. The first kappa shape index (κ1) is 13.8. The van der Waals surface area contributed by atoms with Gasteiger partial charge >= 0.3 is 0 Å².